The number of ether oxygens (including phenoxy) is 2. The Morgan fingerprint density at radius 3 is 2.15 bits per heavy atom. The summed E-state index contributed by atoms with van der Waals surface area (Å²) in [4.78, 5) is 30.0. The number of benzene rings is 1. The van der Waals surface area contributed by atoms with Crippen molar-refractivity contribution in [1.29, 1.82) is 0 Å². The van der Waals surface area contributed by atoms with Gasteiger partial charge >= 0.3 is 11.9 Å². The Balaban J connectivity index is 2.34. The molecule has 0 fully saturated rings. The van der Waals surface area contributed by atoms with Gasteiger partial charge in [0.05, 0.1) is 42.3 Å². The van der Waals surface area contributed by atoms with Gasteiger partial charge in [-0.25, -0.2) is 14.6 Å². The molecular formula is C20H23N3O4. The molecule has 0 saturated carbocycles. The average Bonchev–Trinajstić information content (AvgIpc) is 3.04. The van der Waals surface area contributed by atoms with E-state index >= 15 is 0 Å². The Labute approximate surface area is 157 Å². The van der Waals surface area contributed by atoms with Gasteiger partial charge in [0.2, 0.25) is 0 Å². The number of hydrogen-bond acceptors (Lipinski definition) is 6. The number of para-hydroxylation sites is 2. The van der Waals surface area contributed by atoms with Crippen LogP contribution in [0, 0.1) is 0 Å². The van der Waals surface area contributed by atoms with Crippen molar-refractivity contribution in [3.05, 3.63) is 52.6 Å². The molecule has 27 heavy (non-hydrogen) atoms. The van der Waals surface area contributed by atoms with Crippen molar-refractivity contribution >= 4 is 23.0 Å². The summed E-state index contributed by atoms with van der Waals surface area (Å²) < 4.78 is 12.0. The minimum Gasteiger partial charge on any atom is -0.466 e. The largest absolute Gasteiger partial charge is 0.466 e. The molecule has 0 saturated heterocycles. The second kappa shape index (κ2) is 7.26. The average molecular weight is 369 g/mol. The lowest BCUT2D eigenvalue weighted by Gasteiger charge is -2.29. The summed E-state index contributed by atoms with van der Waals surface area (Å²) in [5, 5.41) is 3.10. The third-order valence-electron chi connectivity index (χ3n) is 4.83. The Bertz CT molecular complexity index is 946. The number of carbonyl (C=O) groups is 2. The molecule has 0 aliphatic carbocycles. The van der Waals surface area contributed by atoms with Crippen LogP contribution in [0.1, 0.15) is 32.5 Å². The quantitative estimate of drug-likeness (QED) is 0.835. The van der Waals surface area contributed by atoms with Crippen molar-refractivity contribution < 1.29 is 19.1 Å². The molecule has 1 aliphatic heterocycles. The molecule has 1 aromatic heterocycles. The molecule has 3 rings (SSSR count). The SMILES string of the molecule is CCn1c(C2C(C(=O)OC)=C(C)NC(C)=C2C(=O)OC)nc2ccccc21. The highest BCUT2D eigenvalue weighted by molar-refractivity contribution is 5.99. The first-order valence-electron chi connectivity index (χ1n) is 8.74. The van der Waals surface area contributed by atoms with E-state index in [1.54, 1.807) is 13.8 Å². The van der Waals surface area contributed by atoms with Gasteiger partial charge in [-0.15, -0.1) is 0 Å². The highest BCUT2D eigenvalue weighted by Crippen LogP contribution is 2.39. The molecule has 2 heterocycles. The fourth-order valence-corrected chi connectivity index (χ4v) is 3.66. The van der Waals surface area contributed by atoms with Gasteiger partial charge in [-0.05, 0) is 32.9 Å². The van der Waals surface area contributed by atoms with Crippen LogP contribution in [-0.2, 0) is 25.6 Å². The molecule has 0 unspecified atom stereocenters. The van der Waals surface area contributed by atoms with E-state index in [1.165, 1.54) is 14.2 Å². The van der Waals surface area contributed by atoms with Crippen LogP contribution < -0.4 is 5.32 Å². The van der Waals surface area contributed by atoms with Gasteiger partial charge in [0.25, 0.3) is 0 Å². The van der Waals surface area contributed by atoms with E-state index in [9.17, 15) is 9.59 Å². The second-order valence-corrected chi connectivity index (χ2v) is 6.32. The van der Waals surface area contributed by atoms with Crippen LogP contribution >= 0.6 is 0 Å². The van der Waals surface area contributed by atoms with Crippen LogP contribution in [0.25, 0.3) is 11.0 Å². The van der Waals surface area contributed by atoms with Crippen LogP contribution in [0.15, 0.2) is 46.8 Å². The molecule has 0 bridgehead atoms. The summed E-state index contributed by atoms with van der Waals surface area (Å²) in [6.07, 6.45) is 0. The standard InChI is InChI=1S/C20H23N3O4/c1-6-23-14-10-8-7-9-13(14)22-18(23)17-15(19(24)26-4)11(2)21-12(3)16(17)20(25)27-5/h7-10,17,21H,6H2,1-5H3. The molecule has 0 atom stereocenters. The number of hydrogen-bond donors (Lipinski definition) is 1. The summed E-state index contributed by atoms with van der Waals surface area (Å²) >= 11 is 0. The fourth-order valence-electron chi connectivity index (χ4n) is 3.66. The van der Waals surface area contributed by atoms with Crippen LogP contribution in [0.3, 0.4) is 0 Å². The molecule has 0 spiro atoms. The Morgan fingerprint density at radius 1 is 1.07 bits per heavy atom. The minimum atomic E-state index is -0.682. The predicted molar refractivity (Wildman–Crippen MR) is 101 cm³/mol. The minimum absolute atomic E-state index is 0.355. The van der Waals surface area contributed by atoms with E-state index in [2.05, 4.69) is 5.32 Å². The second-order valence-electron chi connectivity index (χ2n) is 6.32. The number of fused-ring (bicyclic) bond motifs is 1. The third kappa shape index (κ3) is 2.99. The normalized spacial score (nSPS) is 15.1. The Kier molecular flexibility index (Phi) is 5.03. The summed E-state index contributed by atoms with van der Waals surface area (Å²) in [5.41, 5.74) is 3.72. The van der Waals surface area contributed by atoms with Crippen LogP contribution in [0.2, 0.25) is 0 Å². The lowest BCUT2D eigenvalue weighted by Crippen LogP contribution is -2.33. The molecule has 7 nitrogen and oxygen atoms in total. The van der Waals surface area contributed by atoms with Gasteiger partial charge in [0, 0.05) is 17.9 Å². The number of esters is 2. The van der Waals surface area contributed by atoms with Gasteiger partial charge in [0.1, 0.15) is 5.82 Å². The molecule has 1 aliphatic rings. The number of aryl methyl sites for hydroxylation is 1. The molecular weight excluding hydrogens is 346 g/mol. The first-order chi connectivity index (χ1) is 12.9. The number of rotatable bonds is 4. The predicted octanol–water partition coefficient (Wildman–Crippen LogP) is 2.64. The zero-order chi connectivity index (χ0) is 19.7. The number of imidazole rings is 1. The number of allylic oxidation sites excluding steroid dienone is 2. The zero-order valence-corrected chi connectivity index (χ0v) is 16.1. The molecule has 1 N–H and O–H groups in total. The summed E-state index contributed by atoms with van der Waals surface area (Å²) in [5.74, 6) is -1.08. The maximum atomic E-state index is 12.6. The number of nitrogens with zero attached hydrogens (tertiary/aromatic N) is 2. The summed E-state index contributed by atoms with van der Waals surface area (Å²) in [6.45, 7) is 6.22. The number of methoxy groups -OCH3 is 2. The highest BCUT2D eigenvalue weighted by atomic mass is 16.5. The number of nitrogens with one attached hydrogen (secondary N) is 1. The monoisotopic (exact) mass is 369 g/mol. The van der Waals surface area contributed by atoms with Gasteiger partial charge in [0.15, 0.2) is 0 Å². The maximum absolute atomic E-state index is 12.6. The van der Waals surface area contributed by atoms with Crippen LogP contribution in [0.4, 0.5) is 0 Å². The van der Waals surface area contributed by atoms with E-state index in [4.69, 9.17) is 14.5 Å². The summed E-state index contributed by atoms with van der Waals surface area (Å²) in [6, 6.07) is 7.73. The Morgan fingerprint density at radius 2 is 1.63 bits per heavy atom. The molecule has 0 radical (unpaired) electrons. The van der Waals surface area contributed by atoms with Crippen LogP contribution in [-0.4, -0.2) is 35.7 Å². The van der Waals surface area contributed by atoms with E-state index in [1.807, 2.05) is 35.8 Å². The lowest BCUT2D eigenvalue weighted by atomic mass is 9.84. The van der Waals surface area contributed by atoms with E-state index in [0.717, 1.165) is 11.0 Å². The number of dihydropyridines is 1. The first kappa shape index (κ1) is 18.7. The molecule has 0 amide bonds. The maximum Gasteiger partial charge on any atom is 0.336 e. The van der Waals surface area contributed by atoms with Crippen molar-refractivity contribution in [1.82, 2.24) is 14.9 Å². The van der Waals surface area contributed by atoms with Crippen molar-refractivity contribution in [2.45, 2.75) is 33.2 Å². The van der Waals surface area contributed by atoms with Crippen molar-refractivity contribution in [2.75, 3.05) is 14.2 Å². The van der Waals surface area contributed by atoms with Crippen molar-refractivity contribution in [3.8, 4) is 0 Å². The van der Waals surface area contributed by atoms with Gasteiger partial charge in [-0.3, -0.25) is 0 Å². The van der Waals surface area contributed by atoms with Gasteiger partial charge in [-0.2, -0.15) is 0 Å². The Hall–Kier alpha value is -3.09. The van der Waals surface area contributed by atoms with Crippen LogP contribution in [0.5, 0.6) is 0 Å². The van der Waals surface area contributed by atoms with Crippen molar-refractivity contribution in [3.63, 3.8) is 0 Å². The fraction of sp³-hybridized carbons (Fsp3) is 0.350. The molecule has 2 aromatic rings. The first-order valence-corrected chi connectivity index (χ1v) is 8.74. The lowest BCUT2D eigenvalue weighted by molar-refractivity contribution is -0.137. The molecule has 142 valence electrons. The van der Waals surface area contributed by atoms with Gasteiger partial charge < -0.3 is 19.4 Å². The van der Waals surface area contributed by atoms with E-state index < -0.39 is 17.9 Å². The van der Waals surface area contributed by atoms with E-state index in [-0.39, 0.29) is 0 Å². The van der Waals surface area contributed by atoms with E-state index in [0.29, 0.717) is 34.9 Å². The topological polar surface area (TPSA) is 82.5 Å². The number of carbonyl (C=O) groups excluding carboxylic acids is 2. The zero-order valence-electron chi connectivity index (χ0n) is 16.1. The summed E-state index contributed by atoms with van der Waals surface area (Å²) in [7, 11) is 2.65. The van der Waals surface area contributed by atoms with Crippen molar-refractivity contribution in [2.24, 2.45) is 0 Å². The highest BCUT2D eigenvalue weighted by Gasteiger charge is 2.40. The number of aromatic nitrogens is 2. The molecule has 1 aromatic carbocycles. The smallest absolute Gasteiger partial charge is 0.336 e. The van der Waals surface area contributed by atoms with Gasteiger partial charge in [-0.1, -0.05) is 12.1 Å². The molecule has 7 heteroatoms. The third-order valence-corrected chi connectivity index (χ3v) is 4.83.